The van der Waals surface area contributed by atoms with Crippen molar-refractivity contribution < 1.29 is 14.2 Å². The van der Waals surface area contributed by atoms with Crippen LogP contribution in [0.15, 0.2) is 42.5 Å². The molecule has 26 heavy (non-hydrogen) atoms. The Morgan fingerprint density at radius 2 is 1.73 bits per heavy atom. The normalized spacial score (nSPS) is 15.5. The predicted octanol–water partition coefficient (Wildman–Crippen LogP) is 3.79. The topological polar surface area (TPSA) is 43.0 Å². The first kappa shape index (κ1) is 18.4. The van der Waals surface area contributed by atoms with Gasteiger partial charge in [-0.2, -0.15) is 0 Å². The Balaban J connectivity index is 1.56. The van der Waals surface area contributed by atoms with Gasteiger partial charge in [0.1, 0.15) is 5.75 Å². The maximum absolute atomic E-state index is 5.55. The van der Waals surface area contributed by atoms with Gasteiger partial charge in [0.15, 0.2) is 11.5 Å². The highest BCUT2D eigenvalue weighted by Gasteiger charge is 2.21. The number of anilines is 1. The summed E-state index contributed by atoms with van der Waals surface area (Å²) in [4.78, 5) is 2.47. The van der Waals surface area contributed by atoms with Crippen molar-refractivity contribution in [3.8, 4) is 17.2 Å². The molecule has 0 unspecified atom stereocenters. The molecule has 140 valence electrons. The zero-order chi connectivity index (χ0) is 18.4. The summed E-state index contributed by atoms with van der Waals surface area (Å²) < 4.78 is 16.3. The van der Waals surface area contributed by atoms with Gasteiger partial charge in [-0.15, -0.1) is 0 Å². The van der Waals surface area contributed by atoms with Crippen LogP contribution in [0.2, 0.25) is 0 Å². The van der Waals surface area contributed by atoms with Crippen LogP contribution in [0.3, 0.4) is 0 Å². The molecule has 2 aromatic rings. The Kier molecular flexibility index (Phi) is 6.23. The average molecular weight is 356 g/mol. The van der Waals surface area contributed by atoms with Crippen LogP contribution in [0.25, 0.3) is 0 Å². The first-order chi connectivity index (χ1) is 12.7. The SMILES string of the molecule is COc1cccc(NC2CCN(Cc3cccc(OC)c3OC)CC2)c1. The fourth-order valence-corrected chi connectivity index (χ4v) is 3.50. The second-order valence-corrected chi connectivity index (χ2v) is 6.58. The van der Waals surface area contributed by atoms with Crippen LogP contribution in [0.4, 0.5) is 5.69 Å². The molecule has 1 aliphatic rings. The number of rotatable bonds is 7. The van der Waals surface area contributed by atoms with E-state index in [1.807, 2.05) is 30.3 Å². The van der Waals surface area contributed by atoms with E-state index in [9.17, 15) is 0 Å². The maximum atomic E-state index is 5.55. The van der Waals surface area contributed by atoms with Crippen molar-refractivity contribution in [1.82, 2.24) is 4.90 Å². The molecule has 1 N–H and O–H groups in total. The van der Waals surface area contributed by atoms with E-state index in [1.165, 1.54) is 5.56 Å². The first-order valence-electron chi connectivity index (χ1n) is 9.06. The molecule has 1 saturated heterocycles. The number of piperidine rings is 1. The number of methoxy groups -OCH3 is 3. The molecule has 3 rings (SSSR count). The van der Waals surface area contributed by atoms with Crippen molar-refractivity contribution in [3.05, 3.63) is 48.0 Å². The number of para-hydroxylation sites is 1. The van der Waals surface area contributed by atoms with Gasteiger partial charge in [-0.25, -0.2) is 0 Å². The predicted molar refractivity (Wildman–Crippen MR) is 104 cm³/mol. The van der Waals surface area contributed by atoms with E-state index in [2.05, 4.69) is 22.3 Å². The minimum Gasteiger partial charge on any atom is -0.497 e. The third-order valence-electron chi connectivity index (χ3n) is 4.91. The first-order valence-corrected chi connectivity index (χ1v) is 9.06. The number of hydrogen-bond donors (Lipinski definition) is 1. The van der Waals surface area contributed by atoms with Crippen LogP contribution in [0.5, 0.6) is 17.2 Å². The Morgan fingerprint density at radius 1 is 0.962 bits per heavy atom. The third-order valence-corrected chi connectivity index (χ3v) is 4.91. The smallest absolute Gasteiger partial charge is 0.165 e. The number of nitrogens with one attached hydrogen (secondary N) is 1. The summed E-state index contributed by atoms with van der Waals surface area (Å²) in [5.74, 6) is 2.52. The maximum Gasteiger partial charge on any atom is 0.165 e. The number of likely N-dealkylation sites (tertiary alicyclic amines) is 1. The van der Waals surface area contributed by atoms with Gasteiger partial charge in [-0.1, -0.05) is 18.2 Å². The Labute approximate surface area is 155 Å². The van der Waals surface area contributed by atoms with Crippen molar-refractivity contribution in [1.29, 1.82) is 0 Å². The summed E-state index contributed by atoms with van der Waals surface area (Å²) in [7, 11) is 5.08. The molecule has 0 saturated carbocycles. The summed E-state index contributed by atoms with van der Waals surface area (Å²) >= 11 is 0. The van der Waals surface area contributed by atoms with Gasteiger partial charge in [-0.05, 0) is 31.0 Å². The quantitative estimate of drug-likeness (QED) is 0.818. The van der Waals surface area contributed by atoms with Gasteiger partial charge in [0.05, 0.1) is 21.3 Å². The fourth-order valence-electron chi connectivity index (χ4n) is 3.50. The molecule has 0 spiro atoms. The molecule has 2 aromatic carbocycles. The minimum atomic E-state index is 0.491. The van der Waals surface area contributed by atoms with Gasteiger partial charge in [0.25, 0.3) is 0 Å². The average Bonchev–Trinajstić information content (AvgIpc) is 2.69. The summed E-state index contributed by atoms with van der Waals surface area (Å²) in [6.07, 6.45) is 2.23. The van der Waals surface area contributed by atoms with Crippen LogP contribution in [0.1, 0.15) is 18.4 Å². The molecule has 0 radical (unpaired) electrons. The van der Waals surface area contributed by atoms with Crippen LogP contribution >= 0.6 is 0 Å². The van der Waals surface area contributed by atoms with E-state index in [0.717, 1.165) is 55.4 Å². The highest BCUT2D eigenvalue weighted by molar-refractivity contribution is 5.49. The lowest BCUT2D eigenvalue weighted by molar-refractivity contribution is 0.208. The summed E-state index contributed by atoms with van der Waals surface area (Å²) in [6.45, 7) is 3.00. The van der Waals surface area contributed by atoms with Crippen LogP contribution in [0, 0.1) is 0 Å². The minimum absolute atomic E-state index is 0.491. The lowest BCUT2D eigenvalue weighted by atomic mass is 10.0. The van der Waals surface area contributed by atoms with Crippen molar-refractivity contribution in [2.45, 2.75) is 25.4 Å². The summed E-state index contributed by atoms with van der Waals surface area (Å²) in [6, 6.07) is 14.7. The Hall–Kier alpha value is -2.40. The highest BCUT2D eigenvalue weighted by atomic mass is 16.5. The Morgan fingerprint density at radius 3 is 2.42 bits per heavy atom. The van der Waals surface area contributed by atoms with Crippen molar-refractivity contribution in [2.75, 3.05) is 39.7 Å². The highest BCUT2D eigenvalue weighted by Crippen LogP contribution is 2.32. The number of benzene rings is 2. The molecule has 0 amide bonds. The molecular formula is C21H28N2O3. The van der Waals surface area contributed by atoms with Gasteiger partial charge < -0.3 is 19.5 Å². The van der Waals surface area contributed by atoms with Crippen LogP contribution < -0.4 is 19.5 Å². The van der Waals surface area contributed by atoms with E-state index >= 15 is 0 Å². The van der Waals surface area contributed by atoms with E-state index < -0.39 is 0 Å². The molecular weight excluding hydrogens is 328 g/mol. The standard InChI is InChI=1S/C21H28N2O3/c1-24-19-8-5-7-18(14-19)22-17-10-12-23(13-11-17)15-16-6-4-9-20(25-2)21(16)26-3/h4-9,14,17,22H,10-13,15H2,1-3H3. The lowest BCUT2D eigenvalue weighted by Gasteiger charge is -2.33. The van der Waals surface area contributed by atoms with E-state index in [0.29, 0.717) is 6.04 Å². The van der Waals surface area contributed by atoms with Gasteiger partial charge in [-0.3, -0.25) is 4.90 Å². The van der Waals surface area contributed by atoms with E-state index in [-0.39, 0.29) is 0 Å². The zero-order valence-electron chi connectivity index (χ0n) is 15.8. The number of ether oxygens (including phenoxy) is 3. The van der Waals surface area contributed by atoms with E-state index in [1.54, 1.807) is 21.3 Å². The van der Waals surface area contributed by atoms with Crippen molar-refractivity contribution in [2.24, 2.45) is 0 Å². The molecule has 0 atom stereocenters. The second-order valence-electron chi connectivity index (χ2n) is 6.58. The molecule has 0 bridgehead atoms. The third kappa shape index (κ3) is 4.41. The monoisotopic (exact) mass is 356 g/mol. The van der Waals surface area contributed by atoms with Gasteiger partial charge in [0.2, 0.25) is 0 Å². The fraction of sp³-hybridized carbons (Fsp3) is 0.429. The number of hydrogen-bond acceptors (Lipinski definition) is 5. The molecule has 1 aliphatic heterocycles. The molecule has 0 aliphatic carbocycles. The molecule has 5 heteroatoms. The lowest BCUT2D eigenvalue weighted by Crippen LogP contribution is -2.38. The summed E-state index contributed by atoms with van der Waals surface area (Å²) in [5, 5.41) is 3.63. The Bertz CT molecular complexity index is 712. The van der Waals surface area contributed by atoms with Crippen molar-refractivity contribution in [3.63, 3.8) is 0 Å². The van der Waals surface area contributed by atoms with Crippen LogP contribution in [-0.4, -0.2) is 45.4 Å². The van der Waals surface area contributed by atoms with Crippen molar-refractivity contribution >= 4 is 5.69 Å². The van der Waals surface area contributed by atoms with E-state index in [4.69, 9.17) is 14.2 Å². The van der Waals surface area contributed by atoms with Crippen LogP contribution in [-0.2, 0) is 6.54 Å². The number of nitrogens with zero attached hydrogens (tertiary/aromatic N) is 1. The molecule has 1 heterocycles. The molecule has 0 aromatic heterocycles. The molecule has 1 fully saturated rings. The zero-order valence-corrected chi connectivity index (χ0v) is 15.8. The largest absolute Gasteiger partial charge is 0.497 e. The second kappa shape index (κ2) is 8.81. The van der Waals surface area contributed by atoms with Gasteiger partial charge in [0, 0.05) is 43.0 Å². The van der Waals surface area contributed by atoms with Gasteiger partial charge >= 0.3 is 0 Å². The molecule has 5 nitrogen and oxygen atoms in total. The summed E-state index contributed by atoms with van der Waals surface area (Å²) in [5.41, 5.74) is 2.29.